The molecule has 1 unspecified atom stereocenters. The predicted molar refractivity (Wildman–Crippen MR) is 87.3 cm³/mol. The lowest BCUT2D eigenvalue weighted by atomic mass is 9.55. The van der Waals surface area contributed by atoms with Crippen molar-refractivity contribution in [3.63, 3.8) is 0 Å². The number of aryl methyl sites for hydroxylation is 1. The highest BCUT2D eigenvalue weighted by Gasteiger charge is 2.55. The van der Waals surface area contributed by atoms with Crippen LogP contribution < -0.4 is 0 Å². The Morgan fingerprint density at radius 1 is 1.25 bits per heavy atom. The van der Waals surface area contributed by atoms with E-state index in [4.69, 9.17) is 4.18 Å². The van der Waals surface area contributed by atoms with E-state index in [2.05, 4.69) is 13.0 Å². The number of rotatable bonds is 2. The smallest absolute Gasteiger partial charge is 0.217 e. The molecule has 3 aliphatic carbocycles. The van der Waals surface area contributed by atoms with Crippen LogP contribution in [-0.2, 0) is 21.0 Å². The SMILES string of the molecule is C[C@]12CC[C@@H]3c4ccc(O)cc4CCC3[C@@H]1CC[C@@H]2OS(=O)(=O)[O-]. The maximum absolute atomic E-state index is 11.1. The van der Waals surface area contributed by atoms with Crippen LogP contribution >= 0.6 is 0 Å². The van der Waals surface area contributed by atoms with E-state index < -0.39 is 16.5 Å². The van der Waals surface area contributed by atoms with Crippen LogP contribution in [0.25, 0.3) is 0 Å². The molecule has 1 aromatic rings. The molecule has 0 spiro atoms. The van der Waals surface area contributed by atoms with Crippen molar-refractivity contribution >= 4 is 10.4 Å². The fourth-order valence-corrected chi connectivity index (χ4v) is 6.42. The Labute approximate surface area is 143 Å². The zero-order valence-corrected chi connectivity index (χ0v) is 14.6. The molecule has 0 heterocycles. The van der Waals surface area contributed by atoms with E-state index in [1.165, 1.54) is 11.1 Å². The molecule has 6 heteroatoms. The van der Waals surface area contributed by atoms with Gasteiger partial charge in [-0.05, 0) is 85.0 Å². The zero-order chi connectivity index (χ0) is 17.1. The Bertz CT molecular complexity index is 759. The van der Waals surface area contributed by atoms with E-state index in [0.717, 1.165) is 32.1 Å². The maximum atomic E-state index is 11.1. The fourth-order valence-electron chi connectivity index (χ4n) is 5.82. The van der Waals surface area contributed by atoms with Gasteiger partial charge in [-0.2, -0.15) is 0 Å². The van der Waals surface area contributed by atoms with Gasteiger partial charge in [0.15, 0.2) is 0 Å². The zero-order valence-electron chi connectivity index (χ0n) is 13.8. The Morgan fingerprint density at radius 2 is 2.04 bits per heavy atom. The predicted octanol–water partition coefficient (Wildman–Crippen LogP) is 3.09. The fraction of sp³-hybridized carbons (Fsp3) is 0.667. The summed E-state index contributed by atoms with van der Waals surface area (Å²) in [5.41, 5.74) is 2.35. The minimum absolute atomic E-state index is 0.229. The van der Waals surface area contributed by atoms with E-state index in [0.29, 0.717) is 29.9 Å². The van der Waals surface area contributed by atoms with Crippen molar-refractivity contribution in [2.45, 2.75) is 57.5 Å². The molecule has 2 fully saturated rings. The van der Waals surface area contributed by atoms with E-state index in [9.17, 15) is 18.1 Å². The van der Waals surface area contributed by atoms with Crippen molar-refractivity contribution < 1.29 is 22.3 Å². The maximum Gasteiger partial charge on any atom is 0.217 e. The summed E-state index contributed by atoms with van der Waals surface area (Å²) in [4.78, 5) is 0. The van der Waals surface area contributed by atoms with Gasteiger partial charge < -0.3 is 9.66 Å². The Morgan fingerprint density at radius 3 is 2.79 bits per heavy atom. The molecule has 1 aromatic carbocycles. The highest BCUT2D eigenvalue weighted by atomic mass is 32.3. The van der Waals surface area contributed by atoms with Crippen molar-refractivity contribution in [2.75, 3.05) is 0 Å². The molecule has 0 bridgehead atoms. The number of hydrogen-bond acceptors (Lipinski definition) is 5. The third-order valence-corrected chi connectivity index (χ3v) is 7.33. The second kappa shape index (κ2) is 5.44. The number of phenolic OH excluding ortho intramolecular Hbond substituents is 1. The number of hydrogen-bond donors (Lipinski definition) is 1. The lowest BCUT2D eigenvalue weighted by Crippen LogP contribution is -2.45. The van der Waals surface area contributed by atoms with Crippen LogP contribution in [-0.4, -0.2) is 24.2 Å². The van der Waals surface area contributed by atoms with Crippen molar-refractivity contribution in [3.05, 3.63) is 29.3 Å². The largest absolute Gasteiger partial charge is 0.726 e. The third-order valence-electron chi connectivity index (χ3n) is 6.86. The number of aromatic hydroxyl groups is 1. The first kappa shape index (κ1) is 16.4. The van der Waals surface area contributed by atoms with Gasteiger partial charge in [-0.15, -0.1) is 0 Å². The van der Waals surface area contributed by atoms with Gasteiger partial charge in [0.05, 0.1) is 6.10 Å². The average Bonchev–Trinajstić information content (AvgIpc) is 2.82. The Kier molecular flexibility index (Phi) is 3.71. The molecule has 0 radical (unpaired) electrons. The summed E-state index contributed by atoms with van der Waals surface area (Å²) in [5, 5.41) is 9.72. The van der Waals surface area contributed by atoms with Gasteiger partial charge in [0.2, 0.25) is 10.4 Å². The summed E-state index contributed by atoms with van der Waals surface area (Å²) in [5.74, 6) is 1.69. The molecule has 5 nitrogen and oxygen atoms in total. The first-order valence-electron chi connectivity index (χ1n) is 8.74. The summed E-state index contributed by atoms with van der Waals surface area (Å²) < 4.78 is 38.2. The van der Waals surface area contributed by atoms with E-state index >= 15 is 0 Å². The number of phenols is 1. The lowest BCUT2D eigenvalue weighted by Gasteiger charge is -2.50. The van der Waals surface area contributed by atoms with Crippen LogP contribution in [0, 0.1) is 17.3 Å². The van der Waals surface area contributed by atoms with Crippen molar-refractivity contribution in [2.24, 2.45) is 17.3 Å². The molecule has 3 aliphatic rings. The standard InChI is InChI=1S/C18H24O5S/c1-18-9-8-14-13-5-3-12(19)10-11(13)2-4-15(14)16(18)6-7-17(18)23-24(20,21)22/h3,5,10,14-17,19H,2,4,6-9H2,1H3,(H,20,21,22)/p-1/t14-,15?,16+,17+,18+/m1/s1. The normalized spacial score (nSPS) is 38.2. The summed E-state index contributed by atoms with van der Waals surface area (Å²) in [6.45, 7) is 2.10. The van der Waals surface area contributed by atoms with E-state index in [1.54, 1.807) is 6.07 Å². The molecular formula is C18H23O5S-. The van der Waals surface area contributed by atoms with Crippen molar-refractivity contribution in [3.8, 4) is 5.75 Å². The molecule has 0 aliphatic heterocycles. The van der Waals surface area contributed by atoms with Crippen LogP contribution in [0.4, 0.5) is 0 Å². The summed E-state index contributed by atoms with van der Waals surface area (Å²) in [6.07, 6.45) is 4.95. The monoisotopic (exact) mass is 351 g/mol. The molecule has 5 atom stereocenters. The van der Waals surface area contributed by atoms with Crippen molar-refractivity contribution in [1.82, 2.24) is 0 Å². The second-order valence-corrected chi connectivity index (χ2v) is 8.92. The summed E-state index contributed by atoms with van der Waals surface area (Å²) >= 11 is 0. The van der Waals surface area contributed by atoms with E-state index in [-0.39, 0.29) is 5.41 Å². The Hall–Kier alpha value is -1.11. The van der Waals surface area contributed by atoms with Gasteiger partial charge in [0.1, 0.15) is 5.75 Å². The van der Waals surface area contributed by atoms with Gasteiger partial charge in [0.25, 0.3) is 0 Å². The van der Waals surface area contributed by atoms with E-state index in [1.807, 2.05) is 6.07 Å². The summed E-state index contributed by atoms with van der Waals surface area (Å²) in [6, 6.07) is 5.69. The molecule has 2 saturated carbocycles. The van der Waals surface area contributed by atoms with Gasteiger partial charge >= 0.3 is 0 Å². The quantitative estimate of drug-likeness (QED) is 0.653. The molecule has 4 rings (SSSR count). The second-order valence-electron chi connectivity index (χ2n) is 7.91. The molecule has 0 aromatic heterocycles. The van der Waals surface area contributed by atoms with Crippen LogP contribution in [0.5, 0.6) is 5.75 Å². The molecule has 24 heavy (non-hydrogen) atoms. The van der Waals surface area contributed by atoms with Gasteiger partial charge in [0, 0.05) is 0 Å². The van der Waals surface area contributed by atoms with Crippen LogP contribution in [0.1, 0.15) is 56.1 Å². The lowest BCUT2D eigenvalue weighted by molar-refractivity contribution is -0.0126. The van der Waals surface area contributed by atoms with Gasteiger partial charge in [-0.3, -0.25) is 4.18 Å². The van der Waals surface area contributed by atoms with Crippen LogP contribution in [0.3, 0.4) is 0 Å². The summed E-state index contributed by atoms with van der Waals surface area (Å²) in [7, 11) is -4.66. The number of benzene rings is 1. The molecule has 132 valence electrons. The van der Waals surface area contributed by atoms with Gasteiger partial charge in [-0.25, -0.2) is 8.42 Å². The molecule has 1 N–H and O–H groups in total. The average molecular weight is 351 g/mol. The van der Waals surface area contributed by atoms with Gasteiger partial charge in [-0.1, -0.05) is 13.0 Å². The first-order chi connectivity index (χ1) is 11.3. The highest BCUT2D eigenvalue weighted by molar-refractivity contribution is 7.80. The first-order valence-corrected chi connectivity index (χ1v) is 10.1. The minimum Gasteiger partial charge on any atom is -0.726 e. The minimum atomic E-state index is -4.66. The van der Waals surface area contributed by atoms with Crippen LogP contribution in [0.2, 0.25) is 0 Å². The van der Waals surface area contributed by atoms with Crippen molar-refractivity contribution in [1.29, 1.82) is 0 Å². The molecule has 0 amide bonds. The Balaban J connectivity index is 1.63. The number of fused-ring (bicyclic) bond motifs is 5. The van der Waals surface area contributed by atoms with Crippen LogP contribution in [0.15, 0.2) is 18.2 Å². The molecule has 0 saturated heterocycles. The molecular weight excluding hydrogens is 328 g/mol. The third kappa shape index (κ3) is 2.55. The highest BCUT2D eigenvalue weighted by Crippen LogP contribution is 2.61. The topological polar surface area (TPSA) is 86.7 Å².